The van der Waals surface area contributed by atoms with E-state index in [2.05, 4.69) is 27.7 Å². The fourth-order valence-corrected chi connectivity index (χ4v) is 5.39. The van der Waals surface area contributed by atoms with Gasteiger partial charge in [-0.15, -0.1) is 12.4 Å². The number of imide groups is 1. The van der Waals surface area contributed by atoms with Crippen LogP contribution in [-0.4, -0.2) is 59.9 Å². The molecular formula is C29H37ClN4O4. The normalized spacial score (nSPS) is 19.6. The molecule has 8 nitrogen and oxygen atoms in total. The molecule has 9 heteroatoms. The van der Waals surface area contributed by atoms with E-state index in [0.29, 0.717) is 25.2 Å². The number of halogens is 1. The first-order valence-corrected chi connectivity index (χ1v) is 13.3. The summed E-state index contributed by atoms with van der Waals surface area (Å²) >= 11 is 0. The Morgan fingerprint density at radius 1 is 1.08 bits per heavy atom. The topological polar surface area (TPSA) is 91.0 Å². The predicted molar refractivity (Wildman–Crippen MR) is 147 cm³/mol. The van der Waals surface area contributed by atoms with E-state index in [0.717, 1.165) is 55.8 Å². The minimum atomic E-state index is -0.822. The molecule has 38 heavy (non-hydrogen) atoms. The number of ether oxygens (including phenoxy) is 1. The molecule has 2 aromatic carbocycles. The van der Waals surface area contributed by atoms with Gasteiger partial charge in [-0.25, -0.2) is 4.79 Å². The van der Waals surface area contributed by atoms with Crippen molar-refractivity contribution in [2.45, 2.75) is 56.7 Å². The Bertz CT molecular complexity index is 1120. The molecule has 0 unspecified atom stereocenters. The second-order valence-electron chi connectivity index (χ2n) is 10.6. The molecule has 204 valence electrons. The Morgan fingerprint density at radius 3 is 2.39 bits per heavy atom. The van der Waals surface area contributed by atoms with Crippen LogP contribution in [0.4, 0.5) is 4.79 Å². The van der Waals surface area contributed by atoms with Gasteiger partial charge in [-0.3, -0.25) is 14.5 Å². The van der Waals surface area contributed by atoms with E-state index in [9.17, 15) is 14.4 Å². The largest absolute Gasteiger partial charge is 0.497 e. The summed E-state index contributed by atoms with van der Waals surface area (Å²) in [5.74, 6) is 1.28. The lowest BCUT2D eigenvalue weighted by molar-refractivity contribution is -0.133. The number of nitrogens with zero attached hydrogens (tertiary/aromatic N) is 2. The van der Waals surface area contributed by atoms with Gasteiger partial charge in [-0.1, -0.05) is 42.5 Å². The first-order chi connectivity index (χ1) is 18.0. The Labute approximate surface area is 230 Å². The number of benzene rings is 2. The maximum absolute atomic E-state index is 13.3. The molecule has 0 radical (unpaired) electrons. The minimum absolute atomic E-state index is 0. The number of piperidine rings is 1. The standard InChI is InChI=1S/C29H36N4O4.ClH/c1-37-24-11-9-22(10-12-24)20-33-27(35)29(31-28(33)36)14-17-32(18-15-29)16-13-25(23-5-3-2-4-6-23)30-26(34)19-21-7-8-21;/h2-6,9-12,21,25H,7-8,13-20H2,1H3,(H,30,34)(H,31,36);1H/t25-;/m0./s1. The highest BCUT2D eigenvalue weighted by Crippen LogP contribution is 2.33. The van der Waals surface area contributed by atoms with E-state index in [1.54, 1.807) is 7.11 Å². The summed E-state index contributed by atoms with van der Waals surface area (Å²) < 4.78 is 5.19. The third-order valence-corrected chi connectivity index (χ3v) is 7.90. The molecule has 0 bridgehead atoms. The average molecular weight is 541 g/mol. The third kappa shape index (κ3) is 6.48. The molecule has 3 aliphatic rings. The van der Waals surface area contributed by atoms with Crippen LogP contribution in [-0.2, 0) is 16.1 Å². The number of likely N-dealkylation sites (tertiary alicyclic amines) is 1. The van der Waals surface area contributed by atoms with Gasteiger partial charge in [0.2, 0.25) is 5.91 Å². The third-order valence-electron chi connectivity index (χ3n) is 7.90. The summed E-state index contributed by atoms with van der Waals surface area (Å²) in [7, 11) is 1.61. The predicted octanol–water partition coefficient (Wildman–Crippen LogP) is 4.05. The van der Waals surface area contributed by atoms with Crippen LogP contribution in [0.15, 0.2) is 54.6 Å². The van der Waals surface area contributed by atoms with Crippen LogP contribution in [0.25, 0.3) is 0 Å². The molecule has 2 aliphatic heterocycles. The van der Waals surface area contributed by atoms with Gasteiger partial charge in [0, 0.05) is 26.1 Å². The van der Waals surface area contributed by atoms with Gasteiger partial charge in [0.25, 0.3) is 5.91 Å². The number of hydrogen-bond acceptors (Lipinski definition) is 5. The molecule has 2 saturated heterocycles. The summed E-state index contributed by atoms with van der Waals surface area (Å²) in [5, 5.41) is 6.25. The summed E-state index contributed by atoms with van der Waals surface area (Å²) in [4.78, 5) is 42.3. The van der Waals surface area contributed by atoms with Crippen LogP contribution < -0.4 is 15.4 Å². The second kappa shape index (κ2) is 12.2. The van der Waals surface area contributed by atoms with E-state index >= 15 is 0 Å². The molecule has 1 aliphatic carbocycles. The molecule has 3 fully saturated rings. The first kappa shape index (κ1) is 27.9. The Balaban J connectivity index is 0.00000336. The van der Waals surface area contributed by atoms with Crippen molar-refractivity contribution < 1.29 is 19.1 Å². The monoisotopic (exact) mass is 540 g/mol. The van der Waals surface area contributed by atoms with Gasteiger partial charge < -0.3 is 20.3 Å². The molecule has 2 aromatic rings. The fourth-order valence-electron chi connectivity index (χ4n) is 5.39. The maximum atomic E-state index is 13.3. The molecule has 2 N–H and O–H groups in total. The molecule has 2 heterocycles. The molecule has 1 atom stereocenters. The number of urea groups is 1. The van der Waals surface area contributed by atoms with Crippen molar-refractivity contribution in [2.24, 2.45) is 5.92 Å². The van der Waals surface area contributed by atoms with Crippen molar-refractivity contribution >= 4 is 30.3 Å². The van der Waals surface area contributed by atoms with Gasteiger partial charge in [-0.2, -0.15) is 0 Å². The van der Waals surface area contributed by atoms with E-state index < -0.39 is 5.54 Å². The van der Waals surface area contributed by atoms with Crippen LogP contribution in [0, 0.1) is 5.92 Å². The zero-order valence-corrected chi connectivity index (χ0v) is 22.7. The lowest BCUT2D eigenvalue weighted by Gasteiger charge is -2.37. The van der Waals surface area contributed by atoms with Crippen molar-refractivity contribution in [3.63, 3.8) is 0 Å². The minimum Gasteiger partial charge on any atom is -0.497 e. The van der Waals surface area contributed by atoms with Crippen molar-refractivity contribution in [1.82, 2.24) is 20.4 Å². The van der Waals surface area contributed by atoms with Crippen LogP contribution >= 0.6 is 12.4 Å². The zero-order chi connectivity index (χ0) is 25.8. The number of carbonyl (C=O) groups excluding carboxylic acids is 3. The molecule has 1 spiro atoms. The van der Waals surface area contributed by atoms with E-state index in [4.69, 9.17) is 4.74 Å². The fraction of sp³-hybridized carbons (Fsp3) is 0.483. The summed E-state index contributed by atoms with van der Waals surface area (Å²) in [6.07, 6.45) is 4.90. The Hall–Kier alpha value is -3.10. The number of amides is 4. The zero-order valence-electron chi connectivity index (χ0n) is 21.9. The number of nitrogens with one attached hydrogen (secondary N) is 2. The Morgan fingerprint density at radius 2 is 1.76 bits per heavy atom. The highest BCUT2D eigenvalue weighted by Gasteiger charge is 2.52. The lowest BCUT2D eigenvalue weighted by Crippen LogP contribution is -2.55. The number of hydrogen-bond donors (Lipinski definition) is 2. The van der Waals surface area contributed by atoms with Gasteiger partial charge in [0.15, 0.2) is 0 Å². The number of carbonyl (C=O) groups is 3. The molecule has 0 aromatic heterocycles. The van der Waals surface area contributed by atoms with E-state index in [-0.39, 0.29) is 42.8 Å². The Kier molecular flexibility index (Phi) is 8.95. The summed E-state index contributed by atoms with van der Waals surface area (Å²) in [6.45, 7) is 2.51. The van der Waals surface area contributed by atoms with Crippen LogP contribution in [0.3, 0.4) is 0 Å². The molecule has 1 saturated carbocycles. The highest BCUT2D eigenvalue weighted by molar-refractivity contribution is 6.07. The lowest BCUT2D eigenvalue weighted by atomic mass is 9.87. The summed E-state index contributed by atoms with van der Waals surface area (Å²) in [6, 6.07) is 17.2. The SMILES string of the molecule is COc1ccc(CN2C(=O)NC3(CCN(CC[C@H](NC(=O)CC4CC4)c4ccccc4)CC3)C2=O)cc1.Cl. The quantitative estimate of drug-likeness (QED) is 0.444. The summed E-state index contributed by atoms with van der Waals surface area (Å²) in [5.41, 5.74) is 1.18. The van der Waals surface area contributed by atoms with Crippen molar-refractivity contribution in [2.75, 3.05) is 26.7 Å². The van der Waals surface area contributed by atoms with Gasteiger partial charge in [-0.05, 0) is 61.3 Å². The van der Waals surface area contributed by atoms with E-state index in [1.165, 1.54) is 4.90 Å². The smallest absolute Gasteiger partial charge is 0.325 e. The van der Waals surface area contributed by atoms with Crippen LogP contribution in [0.1, 0.15) is 55.7 Å². The van der Waals surface area contributed by atoms with Gasteiger partial charge in [0.05, 0.1) is 19.7 Å². The van der Waals surface area contributed by atoms with Crippen molar-refractivity contribution in [3.05, 3.63) is 65.7 Å². The second-order valence-corrected chi connectivity index (χ2v) is 10.6. The molecule has 5 rings (SSSR count). The number of methoxy groups -OCH3 is 1. The first-order valence-electron chi connectivity index (χ1n) is 13.3. The van der Waals surface area contributed by atoms with Crippen LogP contribution in [0.2, 0.25) is 0 Å². The average Bonchev–Trinajstić information content (AvgIpc) is 3.71. The highest BCUT2D eigenvalue weighted by atomic mass is 35.5. The molecule has 4 amide bonds. The van der Waals surface area contributed by atoms with Gasteiger partial charge in [0.1, 0.15) is 11.3 Å². The van der Waals surface area contributed by atoms with Crippen molar-refractivity contribution in [3.8, 4) is 5.75 Å². The van der Waals surface area contributed by atoms with Gasteiger partial charge >= 0.3 is 6.03 Å². The maximum Gasteiger partial charge on any atom is 0.325 e. The number of rotatable bonds is 10. The molecular weight excluding hydrogens is 504 g/mol. The van der Waals surface area contributed by atoms with Crippen molar-refractivity contribution in [1.29, 1.82) is 0 Å². The van der Waals surface area contributed by atoms with Crippen LogP contribution in [0.5, 0.6) is 5.75 Å². The van der Waals surface area contributed by atoms with E-state index in [1.807, 2.05) is 42.5 Å².